The molecule has 1 heterocycles. The van der Waals surface area contributed by atoms with Crippen LogP contribution in [0.2, 0.25) is 0 Å². The van der Waals surface area contributed by atoms with E-state index >= 15 is 0 Å². The van der Waals surface area contributed by atoms with E-state index in [4.69, 9.17) is 5.11 Å². The Morgan fingerprint density at radius 3 is 2.63 bits per heavy atom. The van der Waals surface area contributed by atoms with Gasteiger partial charge in [-0.2, -0.15) is 0 Å². The number of carbonyl (C=O) groups is 3. The van der Waals surface area contributed by atoms with E-state index in [0.717, 1.165) is 19.3 Å². The van der Waals surface area contributed by atoms with Gasteiger partial charge in [0.25, 0.3) is 0 Å². The van der Waals surface area contributed by atoms with E-state index in [9.17, 15) is 14.4 Å². The molecule has 0 aliphatic carbocycles. The number of carbonyl (C=O) groups excluding carboxylic acids is 2. The van der Waals surface area contributed by atoms with Crippen molar-refractivity contribution in [1.82, 2.24) is 10.2 Å². The number of urea groups is 1. The summed E-state index contributed by atoms with van der Waals surface area (Å²) in [4.78, 5) is 35.3. The molecular formula is C13H22N2O4. The van der Waals surface area contributed by atoms with Crippen molar-refractivity contribution >= 4 is 17.9 Å². The lowest BCUT2D eigenvalue weighted by Gasteiger charge is -2.20. The quantitative estimate of drug-likeness (QED) is 0.812. The van der Waals surface area contributed by atoms with E-state index in [0.29, 0.717) is 19.0 Å². The van der Waals surface area contributed by atoms with Crippen molar-refractivity contribution in [2.24, 2.45) is 5.92 Å². The van der Waals surface area contributed by atoms with E-state index in [1.54, 1.807) is 4.90 Å². The van der Waals surface area contributed by atoms with Crippen LogP contribution in [-0.2, 0) is 9.59 Å². The molecule has 1 rings (SSSR count). The molecule has 1 fully saturated rings. The van der Waals surface area contributed by atoms with Gasteiger partial charge < -0.3 is 10.0 Å². The second-order valence-electron chi connectivity index (χ2n) is 5.12. The van der Waals surface area contributed by atoms with Crippen LogP contribution >= 0.6 is 0 Å². The number of hydrogen-bond donors (Lipinski definition) is 2. The fourth-order valence-electron chi connectivity index (χ4n) is 2.13. The van der Waals surface area contributed by atoms with Gasteiger partial charge in [0.2, 0.25) is 5.91 Å². The lowest BCUT2D eigenvalue weighted by molar-refractivity contribution is -0.137. The summed E-state index contributed by atoms with van der Waals surface area (Å²) in [6.07, 6.45) is 3.30. The Balaban J connectivity index is 2.29. The maximum atomic E-state index is 11.8. The second-order valence-corrected chi connectivity index (χ2v) is 5.12. The fraction of sp³-hybridized carbons (Fsp3) is 0.769. The molecule has 1 aliphatic rings. The van der Waals surface area contributed by atoms with Crippen molar-refractivity contribution in [3.63, 3.8) is 0 Å². The lowest BCUT2D eigenvalue weighted by atomic mass is 10.0. The van der Waals surface area contributed by atoms with E-state index in [1.807, 2.05) is 0 Å². The topological polar surface area (TPSA) is 86.7 Å². The number of amides is 3. The van der Waals surface area contributed by atoms with E-state index < -0.39 is 11.9 Å². The highest BCUT2D eigenvalue weighted by Crippen LogP contribution is 2.16. The SMILES string of the molecule is CC1CCCN(C(=O)NC(=O)CCCC(=O)O)CC1. The number of nitrogens with one attached hydrogen (secondary N) is 1. The highest BCUT2D eigenvalue weighted by molar-refractivity contribution is 5.94. The molecule has 6 nitrogen and oxygen atoms in total. The molecule has 19 heavy (non-hydrogen) atoms. The van der Waals surface area contributed by atoms with Crippen LogP contribution in [0.5, 0.6) is 0 Å². The number of likely N-dealkylation sites (tertiary alicyclic amines) is 1. The normalized spacial score (nSPS) is 19.6. The van der Waals surface area contributed by atoms with Crippen LogP contribution in [0.15, 0.2) is 0 Å². The largest absolute Gasteiger partial charge is 0.481 e. The molecule has 0 radical (unpaired) electrons. The zero-order valence-corrected chi connectivity index (χ0v) is 11.4. The minimum Gasteiger partial charge on any atom is -0.481 e. The molecule has 1 aliphatic heterocycles. The molecule has 1 saturated heterocycles. The third-order valence-corrected chi connectivity index (χ3v) is 3.34. The average molecular weight is 270 g/mol. The number of nitrogens with zero attached hydrogens (tertiary/aromatic N) is 1. The number of carboxylic acids is 1. The number of aliphatic carboxylic acids is 1. The summed E-state index contributed by atoms with van der Waals surface area (Å²) in [6, 6.07) is -0.352. The first kappa shape index (κ1) is 15.5. The van der Waals surface area contributed by atoms with Gasteiger partial charge in [0.1, 0.15) is 0 Å². The van der Waals surface area contributed by atoms with Crippen LogP contribution in [0, 0.1) is 5.92 Å². The molecule has 1 unspecified atom stereocenters. The van der Waals surface area contributed by atoms with Crippen molar-refractivity contribution in [1.29, 1.82) is 0 Å². The first-order valence-electron chi connectivity index (χ1n) is 6.79. The molecule has 0 aromatic rings. The molecular weight excluding hydrogens is 248 g/mol. The number of carboxylic acid groups (broad SMARTS) is 1. The van der Waals surface area contributed by atoms with Crippen molar-refractivity contribution in [2.75, 3.05) is 13.1 Å². The molecule has 108 valence electrons. The Hall–Kier alpha value is -1.59. The molecule has 0 saturated carbocycles. The second kappa shape index (κ2) is 7.76. The van der Waals surface area contributed by atoms with Gasteiger partial charge in [-0.15, -0.1) is 0 Å². The summed E-state index contributed by atoms with van der Waals surface area (Å²) in [5.74, 6) is -0.715. The minimum absolute atomic E-state index is 0.0527. The van der Waals surface area contributed by atoms with Crippen LogP contribution in [-0.4, -0.2) is 41.0 Å². The summed E-state index contributed by atoms with van der Waals surface area (Å²) in [6.45, 7) is 3.52. The van der Waals surface area contributed by atoms with Gasteiger partial charge in [0.05, 0.1) is 0 Å². The Morgan fingerprint density at radius 1 is 1.21 bits per heavy atom. The van der Waals surface area contributed by atoms with Crippen LogP contribution in [0.1, 0.15) is 45.4 Å². The van der Waals surface area contributed by atoms with Gasteiger partial charge in [-0.05, 0) is 31.6 Å². The Kier molecular flexibility index (Phi) is 6.32. The van der Waals surface area contributed by atoms with Gasteiger partial charge in [-0.3, -0.25) is 14.9 Å². The number of hydrogen-bond acceptors (Lipinski definition) is 3. The monoisotopic (exact) mass is 270 g/mol. The molecule has 6 heteroatoms. The fourth-order valence-corrected chi connectivity index (χ4v) is 2.13. The minimum atomic E-state index is -0.930. The van der Waals surface area contributed by atoms with Gasteiger partial charge in [-0.1, -0.05) is 6.92 Å². The van der Waals surface area contributed by atoms with Crippen molar-refractivity contribution in [3.05, 3.63) is 0 Å². The number of imide groups is 1. The zero-order chi connectivity index (χ0) is 14.3. The van der Waals surface area contributed by atoms with E-state index in [2.05, 4.69) is 12.2 Å². The van der Waals surface area contributed by atoms with E-state index in [-0.39, 0.29) is 25.3 Å². The summed E-state index contributed by atoms with van der Waals surface area (Å²) >= 11 is 0. The van der Waals surface area contributed by atoms with Crippen LogP contribution < -0.4 is 5.32 Å². The Bertz CT molecular complexity index is 344. The standard InChI is InChI=1S/C13H22N2O4/c1-10-4-3-8-15(9-7-10)13(19)14-11(16)5-2-6-12(17)18/h10H,2-9H2,1H3,(H,17,18)(H,14,16,19). The molecule has 0 aromatic carbocycles. The summed E-state index contributed by atoms with van der Waals surface area (Å²) in [5, 5.41) is 10.8. The van der Waals surface area contributed by atoms with Crippen molar-refractivity contribution in [2.45, 2.75) is 45.4 Å². The number of rotatable bonds is 4. The predicted molar refractivity (Wildman–Crippen MR) is 69.6 cm³/mol. The molecule has 3 amide bonds. The summed E-state index contributed by atoms with van der Waals surface area (Å²) < 4.78 is 0. The summed E-state index contributed by atoms with van der Waals surface area (Å²) in [5.41, 5.74) is 0. The maximum Gasteiger partial charge on any atom is 0.324 e. The highest BCUT2D eigenvalue weighted by Gasteiger charge is 2.19. The average Bonchev–Trinajstić information content (AvgIpc) is 2.53. The smallest absolute Gasteiger partial charge is 0.324 e. The summed E-state index contributed by atoms with van der Waals surface area (Å²) in [7, 11) is 0. The van der Waals surface area contributed by atoms with Gasteiger partial charge in [-0.25, -0.2) is 4.79 Å². The zero-order valence-electron chi connectivity index (χ0n) is 11.4. The Morgan fingerprint density at radius 2 is 1.95 bits per heavy atom. The maximum absolute atomic E-state index is 11.8. The molecule has 1 atom stereocenters. The van der Waals surface area contributed by atoms with Crippen molar-refractivity contribution < 1.29 is 19.5 Å². The molecule has 2 N–H and O–H groups in total. The Labute approximate surface area is 113 Å². The van der Waals surface area contributed by atoms with E-state index in [1.165, 1.54) is 0 Å². The first-order chi connectivity index (χ1) is 8.99. The van der Waals surface area contributed by atoms with Crippen LogP contribution in [0.25, 0.3) is 0 Å². The molecule has 0 bridgehead atoms. The van der Waals surface area contributed by atoms with Gasteiger partial charge in [0.15, 0.2) is 0 Å². The predicted octanol–water partition coefficient (Wildman–Crippen LogP) is 1.60. The lowest BCUT2D eigenvalue weighted by Crippen LogP contribution is -2.43. The van der Waals surface area contributed by atoms with Gasteiger partial charge in [0, 0.05) is 25.9 Å². The van der Waals surface area contributed by atoms with Crippen LogP contribution in [0.3, 0.4) is 0 Å². The van der Waals surface area contributed by atoms with Crippen molar-refractivity contribution in [3.8, 4) is 0 Å². The third-order valence-electron chi connectivity index (χ3n) is 3.34. The molecule has 0 spiro atoms. The van der Waals surface area contributed by atoms with Crippen LogP contribution in [0.4, 0.5) is 4.79 Å². The van der Waals surface area contributed by atoms with Gasteiger partial charge >= 0.3 is 12.0 Å². The third kappa shape index (κ3) is 6.22. The molecule has 0 aromatic heterocycles. The highest BCUT2D eigenvalue weighted by atomic mass is 16.4. The first-order valence-corrected chi connectivity index (χ1v) is 6.79.